The molecule has 0 radical (unpaired) electrons. The number of amides is 1. The monoisotopic (exact) mass is 266 g/mol. The van der Waals surface area contributed by atoms with Crippen molar-refractivity contribution in [3.8, 4) is 0 Å². The van der Waals surface area contributed by atoms with Crippen LogP contribution in [0.25, 0.3) is 0 Å². The predicted molar refractivity (Wildman–Crippen MR) is 71.1 cm³/mol. The maximum absolute atomic E-state index is 11.6. The molecule has 0 saturated heterocycles. The van der Waals surface area contributed by atoms with E-state index in [-0.39, 0.29) is 5.91 Å². The molecule has 1 aliphatic carbocycles. The average molecular weight is 266 g/mol. The molecular formula is C12H18N4OS. The number of aromatic nitrogens is 2. The Morgan fingerprint density at radius 3 is 3.11 bits per heavy atom. The van der Waals surface area contributed by atoms with Crippen LogP contribution >= 0.6 is 11.8 Å². The fourth-order valence-electron chi connectivity index (χ4n) is 2.42. The van der Waals surface area contributed by atoms with Gasteiger partial charge in [-0.25, -0.2) is 9.97 Å². The number of thioether (sulfide) groups is 1. The van der Waals surface area contributed by atoms with E-state index >= 15 is 0 Å². The molecule has 1 aromatic heterocycles. The Morgan fingerprint density at radius 2 is 2.50 bits per heavy atom. The number of nitrogens with one attached hydrogen (secondary N) is 1. The Hall–Kier alpha value is -1.14. The lowest BCUT2D eigenvalue weighted by Gasteiger charge is -2.37. The SMILES string of the molecule is CNC1(C(N)=O)CCCC(Sc2ccncn2)C1. The van der Waals surface area contributed by atoms with Crippen molar-refractivity contribution in [3.05, 3.63) is 18.6 Å². The first-order valence-electron chi connectivity index (χ1n) is 6.08. The summed E-state index contributed by atoms with van der Waals surface area (Å²) < 4.78 is 0. The van der Waals surface area contributed by atoms with Crippen molar-refractivity contribution in [2.24, 2.45) is 5.73 Å². The maximum Gasteiger partial charge on any atom is 0.237 e. The van der Waals surface area contributed by atoms with Gasteiger partial charge in [0, 0.05) is 11.4 Å². The van der Waals surface area contributed by atoms with Crippen LogP contribution in [0, 0.1) is 0 Å². The van der Waals surface area contributed by atoms with Gasteiger partial charge in [-0.15, -0.1) is 11.8 Å². The van der Waals surface area contributed by atoms with Crippen molar-refractivity contribution in [2.45, 2.75) is 41.5 Å². The molecule has 1 aliphatic rings. The lowest BCUT2D eigenvalue weighted by molar-refractivity contribution is -0.125. The van der Waals surface area contributed by atoms with Crippen LogP contribution in [0.1, 0.15) is 25.7 Å². The van der Waals surface area contributed by atoms with Gasteiger partial charge in [-0.2, -0.15) is 0 Å². The lowest BCUT2D eigenvalue weighted by Crippen LogP contribution is -2.57. The van der Waals surface area contributed by atoms with Crippen LogP contribution in [-0.4, -0.2) is 33.7 Å². The normalized spacial score (nSPS) is 27.9. The summed E-state index contributed by atoms with van der Waals surface area (Å²) in [5, 5.41) is 4.43. The Bertz CT molecular complexity index is 414. The molecule has 2 rings (SSSR count). The Labute approximate surface area is 111 Å². The molecule has 1 amide bonds. The Kier molecular flexibility index (Phi) is 4.19. The fourth-order valence-corrected chi connectivity index (χ4v) is 3.66. The van der Waals surface area contributed by atoms with Crippen molar-refractivity contribution in [3.63, 3.8) is 0 Å². The molecule has 98 valence electrons. The van der Waals surface area contributed by atoms with E-state index in [1.165, 1.54) is 0 Å². The van der Waals surface area contributed by atoms with E-state index in [2.05, 4.69) is 15.3 Å². The van der Waals surface area contributed by atoms with Gasteiger partial charge in [-0.3, -0.25) is 4.79 Å². The predicted octanol–water partition coefficient (Wildman–Crippen LogP) is 0.955. The third kappa shape index (κ3) is 2.81. The van der Waals surface area contributed by atoms with Crippen LogP contribution in [0.5, 0.6) is 0 Å². The second-order valence-electron chi connectivity index (χ2n) is 4.58. The first kappa shape index (κ1) is 13.3. The van der Waals surface area contributed by atoms with Gasteiger partial charge >= 0.3 is 0 Å². The van der Waals surface area contributed by atoms with E-state index in [1.807, 2.05) is 13.1 Å². The molecule has 0 aliphatic heterocycles. The van der Waals surface area contributed by atoms with Crippen molar-refractivity contribution in [2.75, 3.05) is 7.05 Å². The molecule has 18 heavy (non-hydrogen) atoms. The standard InChI is InChI=1S/C12H18N4OS/c1-14-12(11(13)17)5-2-3-9(7-12)18-10-4-6-15-8-16-10/h4,6,8-9,14H,2-3,5,7H2,1H3,(H2,13,17). The zero-order chi connectivity index (χ0) is 13.0. The van der Waals surface area contributed by atoms with Crippen molar-refractivity contribution >= 4 is 17.7 Å². The van der Waals surface area contributed by atoms with E-state index in [0.29, 0.717) is 5.25 Å². The molecule has 0 aromatic carbocycles. The smallest absolute Gasteiger partial charge is 0.237 e. The number of carbonyl (C=O) groups is 1. The molecule has 3 N–H and O–H groups in total. The fraction of sp³-hybridized carbons (Fsp3) is 0.583. The van der Waals surface area contributed by atoms with E-state index in [4.69, 9.17) is 5.73 Å². The molecule has 0 bridgehead atoms. The van der Waals surface area contributed by atoms with Crippen LogP contribution in [0.4, 0.5) is 0 Å². The molecule has 0 spiro atoms. The first-order chi connectivity index (χ1) is 8.66. The summed E-state index contributed by atoms with van der Waals surface area (Å²) in [6.45, 7) is 0. The summed E-state index contributed by atoms with van der Waals surface area (Å²) in [4.78, 5) is 19.7. The van der Waals surface area contributed by atoms with Crippen molar-refractivity contribution < 1.29 is 4.79 Å². The highest BCUT2D eigenvalue weighted by Crippen LogP contribution is 2.37. The van der Waals surface area contributed by atoms with Gasteiger partial charge in [-0.1, -0.05) is 0 Å². The number of rotatable bonds is 4. The first-order valence-corrected chi connectivity index (χ1v) is 6.96. The molecule has 2 atom stereocenters. The van der Waals surface area contributed by atoms with Crippen molar-refractivity contribution in [1.82, 2.24) is 15.3 Å². The van der Waals surface area contributed by atoms with Gasteiger partial charge in [0.15, 0.2) is 0 Å². The van der Waals surface area contributed by atoms with Gasteiger partial charge in [0.2, 0.25) is 5.91 Å². The molecule has 1 heterocycles. The molecule has 1 saturated carbocycles. The van der Waals surface area contributed by atoms with Crippen LogP contribution < -0.4 is 11.1 Å². The van der Waals surface area contributed by atoms with E-state index in [1.54, 1.807) is 24.3 Å². The summed E-state index contributed by atoms with van der Waals surface area (Å²) >= 11 is 1.70. The highest BCUT2D eigenvalue weighted by atomic mass is 32.2. The minimum atomic E-state index is -0.553. The maximum atomic E-state index is 11.6. The van der Waals surface area contributed by atoms with Gasteiger partial charge in [0.05, 0.1) is 10.6 Å². The zero-order valence-electron chi connectivity index (χ0n) is 10.4. The third-order valence-electron chi connectivity index (χ3n) is 3.50. The van der Waals surface area contributed by atoms with Gasteiger partial charge < -0.3 is 11.1 Å². The number of carbonyl (C=O) groups excluding carboxylic acids is 1. The lowest BCUT2D eigenvalue weighted by atomic mass is 9.81. The minimum absolute atomic E-state index is 0.252. The molecule has 2 unspecified atom stereocenters. The summed E-state index contributed by atoms with van der Waals surface area (Å²) in [6.07, 6.45) is 6.95. The summed E-state index contributed by atoms with van der Waals surface area (Å²) in [6, 6.07) is 1.89. The van der Waals surface area contributed by atoms with Crippen LogP contribution in [0.2, 0.25) is 0 Å². The molecular weight excluding hydrogens is 248 g/mol. The van der Waals surface area contributed by atoms with E-state index < -0.39 is 5.54 Å². The number of likely N-dealkylation sites (N-methyl/N-ethyl adjacent to an activating group) is 1. The number of hydrogen-bond acceptors (Lipinski definition) is 5. The van der Waals surface area contributed by atoms with Gasteiger partial charge in [-0.05, 0) is 38.8 Å². The number of nitrogens with zero attached hydrogens (tertiary/aromatic N) is 2. The van der Waals surface area contributed by atoms with Gasteiger partial charge in [0.1, 0.15) is 6.33 Å². The Morgan fingerprint density at radius 1 is 1.67 bits per heavy atom. The summed E-state index contributed by atoms with van der Waals surface area (Å²) in [5.74, 6) is -0.252. The second-order valence-corrected chi connectivity index (χ2v) is 5.90. The number of primary amides is 1. The topological polar surface area (TPSA) is 80.9 Å². The number of hydrogen-bond donors (Lipinski definition) is 2. The highest BCUT2D eigenvalue weighted by Gasteiger charge is 2.40. The van der Waals surface area contributed by atoms with Crippen LogP contribution in [-0.2, 0) is 4.79 Å². The van der Waals surface area contributed by atoms with Crippen LogP contribution in [0.3, 0.4) is 0 Å². The molecule has 5 nitrogen and oxygen atoms in total. The van der Waals surface area contributed by atoms with Gasteiger partial charge in [0.25, 0.3) is 0 Å². The van der Waals surface area contributed by atoms with E-state index in [9.17, 15) is 4.79 Å². The Balaban J connectivity index is 2.05. The summed E-state index contributed by atoms with van der Waals surface area (Å²) in [7, 11) is 1.81. The quantitative estimate of drug-likeness (QED) is 0.793. The third-order valence-corrected chi connectivity index (χ3v) is 4.72. The minimum Gasteiger partial charge on any atom is -0.368 e. The average Bonchev–Trinajstić information content (AvgIpc) is 2.40. The highest BCUT2D eigenvalue weighted by molar-refractivity contribution is 7.99. The summed E-state index contributed by atoms with van der Waals surface area (Å²) in [5.41, 5.74) is 4.98. The largest absolute Gasteiger partial charge is 0.368 e. The zero-order valence-corrected chi connectivity index (χ0v) is 11.2. The molecule has 1 aromatic rings. The number of nitrogens with two attached hydrogens (primary N) is 1. The van der Waals surface area contributed by atoms with Crippen LogP contribution in [0.15, 0.2) is 23.6 Å². The van der Waals surface area contributed by atoms with Crippen molar-refractivity contribution in [1.29, 1.82) is 0 Å². The molecule has 1 fully saturated rings. The van der Waals surface area contributed by atoms with E-state index in [0.717, 1.165) is 30.7 Å². The molecule has 6 heteroatoms. The second kappa shape index (κ2) is 5.67.